The van der Waals surface area contributed by atoms with E-state index in [2.05, 4.69) is 29.5 Å². The summed E-state index contributed by atoms with van der Waals surface area (Å²) >= 11 is 0. The van der Waals surface area contributed by atoms with E-state index < -0.39 is 18.0 Å². The minimum atomic E-state index is -1.03. The number of carboxylic acids is 1. The number of hydrogen-bond donors (Lipinski definition) is 3. The Bertz CT molecular complexity index is 296. The third-order valence-electron chi connectivity index (χ3n) is 3.26. The third kappa shape index (κ3) is 4.22. The molecule has 3 N–H and O–H groups in total. The molecule has 1 heterocycles. The number of aliphatic carboxylic acids is 1. The molecule has 6 heteroatoms. The van der Waals surface area contributed by atoms with Gasteiger partial charge in [0.25, 0.3) is 0 Å². The molecule has 0 aromatic rings. The van der Waals surface area contributed by atoms with Gasteiger partial charge in [0.15, 0.2) is 0 Å². The van der Waals surface area contributed by atoms with Gasteiger partial charge in [-0.15, -0.1) is 0 Å². The zero-order valence-corrected chi connectivity index (χ0v) is 10.6. The summed E-state index contributed by atoms with van der Waals surface area (Å²) in [5.74, 6) is -1.03. The number of piperidine rings is 1. The van der Waals surface area contributed by atoms with Crippen molar-refractivity contribution in [1.82, 2.24) is 15.5 Å². The van der Waals surface area contributed by atoms with Gasteiger partial charge in [-0.3, -0.25) is 4.79 Å². The van der Waals surface area contributed by atoms with Crippen LogP contribution in [-0.4, -0.2) is 53.7 Å². The summed E-state index contributed by atoms with van der Waals surface area (Å²) in [5, 5.41) is 13.9. The summed E-state index contributed by atoms with van der Waals surface area (Å²) in [4.78, 5) is 24.3. The van der Waals surface area contributed by atoms with E-state index in [0.29, 0.717) is 6.04 Å². The van der Waals surface area contributed by atoms with Crippen molar-refractivity contribution in [3.05, 3.63) is 0 Å². The van der Waals surface area contributed by atoms with Crippen molar-refractivity contribution < 1.29 is 14.7 Å². The minimum Gasteiger partial charge on any atom is -0.480 e. The molecule has 2 amide bonds. The Morgan fingerprint density at radius 2 is 2.12 bits per heavy atom. The first kappa shape index (κ1) is 13.8. The normalized spacial score (nSPS) is 27.2. The van der Waals surface area contributed by atoms with E-state index in [0.717, 1.165) is 19.4 Å². The van der Waals surface area contributed by atoms with Crippen LogP contribution in [0.4, 0.5) is 4.79 Å². The van der Waals surface area contributed by atoms with Crippen LogP contribution in [0, 0.1) is 0 Å². The van der Waals surface area contributed by atoms with Gasteiger partial charge in [-0.25, -0.2) is 4.79 Å². The molecular formula is C11H21N3O3. The van der Waals surface area contributed by atoms with Crippen molar-refractivity contribution in [2.75, 3.05) is 13.6 Å². The predicted octanol–water partition coefficient (Wildman–Crippen LogP) is 0.241. The van der Waals surface area contributed by atoms with E-state index in [1.807, 2.05) is 0 Å². The number of carboxylic acid groups (broad SMARTS) is 1. The van der Waals surface area contributed by atoms with Gasteiger partial charge in [0.05, 0.1) is 0 Å². The van der Waals surface area contributed by atoms with Crippen LogP contribution in [0.3, 0.4) is 0 Å². The number of rotatable bonds is 3. The fourth-order valence-electron chi connectivity index (χ4n) is 1.91. The number of hydrogen-bond acceptors (Lipinski definition) is 3. The van der Waals surface area contributed by atoms with Crippen molar-refractivity contribution in [2.24, 2.45) is 0 Å². The molecule has 17 heavy (non-hydrogen) atoms. The zero-order valence-electron chi connectivity index (χ0n) is 10.6. The Balaban J connectivity index is 2.34. The molecule has 6 nitrogen and oxygen atoms in total. The maximum atomic E-state index is 11.5. The van der Waals surface area contributed by atoms with Gasteiger partial charge in [-0.1, -0.05) is 0 Å². The van der Waals surface area contributed by atoms with Crippen LogP contribution < -0.4 is 10.6 Å². The van der Waals surface area contributed by atoms with Crippen molar-refractivity contribution >= 4 is 12.0 Å². The number of urea groups is 1. The van der Waals surface area contributed by atoms with Crippen LogP contribution in [0.25, 0.3) is 0 Å². The molecule has 3 unspecified atom stereocenters. The van der Waals surface area contributed by atoms with Gasteiger partial charge < -0.3 is 20.6 Å². The number of nitrogens with zero attached hydrogens (tertiary/aromatic N) is 1. The van der Waals surface area contributed by atoms with Gasteiger partial charge >= 0.3 is 12.0 Å². The van der Waals surface area contributed by atoms with Gasteiger partial charge in [-0.05, 0) is 33.7 Å². The highest BCUT2D eigenvalue weighted by molar-refractivity contribution is 5.82. The summed E-state index contributed by atoms with van der Waals surface area (Å²) in [6.07, 6.45) is 1.79. The van der Waals surface area contributed by atoms with Gasteiger partial charge in [0.2, 0.25) is 0 Å². The quantitative estimate of drug-likeness (QED) is 0.663. The number of amides is 2. The molecule has 1 rings (SSSR count). The van der Waals surface area contributed by atoms with Crippen molar-refractivity contribution in [3.8, 4) is 0 Å². The van der Waals surface area contributed by atoms with Crippen LogP contribution >= 0.6 is 0 Å². The molecule has 0 aromatic heterocycles. The second kappa shape index (κ2) is 5.86. The molecule has 1 aliphatic heterocycles. The fourth-order valence-corrected chi connectivity index (χ4v) is 1.91. The standard InChI is InChI=1S/C11H21N3O3/c1-7-6-9(4-5-14(7)3)13-11(17)12-8(2)10(15)16/h7-9H,4-6H2,1-3H3,(H,15,16)(H2,12,13,17). The summed E-state index contributed by atoms with van der Waals surface area (Å²) in [7, 11) is 2.06. The molecule has 0 saturated carbocycles. The number of carbonyl (C=O) groups is 2. The summed E-state index contributed by atoms with van der Waals surface area (Å²) in [5.41, 5.74) is 0. The lowest BCUT2D eigenvalue weighted by Gasteiger charge is -2.35. The lowest BCUT2D eigenvalue weighted by atomic mass is 9.99. The summed E-state index contributed by atoms with van der Waals surface area (Å²) in [6.45, 7) is 4.51. The van der Waals surface area contributed by atoms with Crippen LogP contribution in [0.2, 0.25) is 0 Å². The zero-order chi connectivity index (χ0) is 13.0. The predicted molar refractivity (Wildman–Crippen MR) is 63.9 cm³/mol. The van der Waals surface area contributed by atoms with Crippen LogP contribution in [0.15, 0.2) is 0 Å². The van der Waals surface area contributed by atoms with Crippen LogP contribution in [-0.2, 0) is 4.79 Å². The average Bonchev–Trinajstić information content (AvgIpc) is 2.23. The number of nitrogens with one attached hydrogen (secondary N) is 2. The van der Waals surface area contributed by atoms with Crippen LogP contribution in [0.5, 0.6) is 0 Å². The largest absolute Gasteiger partial charge is 0.480 e. The molecule has 1 aliphatic rings. The molecule has 98 valence electrons. The molecule has 0 aliphatic carbocycles. The molecule has 0 bridgehead atoms. The first-order valence-corrected chi connectivity index (χ1v) is 5.90. The SMILES string of the molecule is CC(NC(=O)NC1CCN(C)C(C)C1)C(=O)O. The van der Waals surface area contributed by atoms with E-state index in [1.165, 1.54) is 6.92 Å². The van der Waals surface area contributed by atoms with E-state index in [1.54, 1.807) is 0 Å². The molecule has 3 atom stereocenters. The van der Waals surface area contributed by atoms with Gasteiger partial charge in [0.1, 0.15) is 6.04 Å². The Labute approximate surface area is 101 Å². The first-order chi connectivity index (χ1) is 7.90. The molecular weight excluding hydrogens is 222 g/mol. The molecule has 0 aromatic carbocycles. The minimum absolute atomic E-state index is 0.127. The van der Waals surface area contributed by atoms with E-state index in [9.17, 15) is 9.59 Å². The molecule has 1 saturated heterocycles. The van der Waals surface area contributed by atoms with Gasteiger partial charge in [0, 0.05) is 18.6 Å². The van der Waals surface area contributed by atoms with Gasteiger partial charge in [-0.2, -0.15) is 0 Å². The topological polar surface area (TPSA) is 81.7 Å². The Morgan fingerprint density at radius 1 is 1.47 bits per heavy atom. The Morgan fingerprint density at radius 3 is 2.65 bits per heavy atom. The Kier molecular flexibility index (Phi) is 4.74. The van der Waals surface area contributed by atoms with E-state index in [-0.39, 0.29) is 6.04 Å². The lowest BCUT2D eigenvalue weighted by molar-refractivity contribution is -0.138. The monoisotopic (exact) mass is 243 g/mol. The molecule has 1 fully saturated rings. The van der Waals surface area contributed by atoms with Crippen molar-refractivity contribution in [3.63, 3.8) is 0 Å². The average molecular weight is 243 g/mol. The highest BCUT2D eigenvalue weighted by Gasteiger charge is 2.24. The highest BCUT2D eigenvalue weighted by Crippen LogP contribution is 2.14. The number of carbonyl (C=O) groups excluding carboxylic acids is 1. The summed E-state index contributed by atoms with van der Waals surface area (Å²) < 4.78 is 0. The van der Waals surface area contributed by atoms with E-state index in [4.69, 9.17) is 5.11 Å². The maximum absolute atomic E-state index is 11.5. The number of likely N-dealkylation sites (tertiary alicyclic amines) is 1. The summed E-state index contributed by atoms with van der Waals surface area (Å²) in [6, 6.07) is -0.700. The van der Waals surface area contributed by atoms with E-state index >= 15 is 0 Å². The lowest BCUT2D eigenvalue weighted by Crippen LogP contribution is -2.52. The second-order valence-corrected chi connectivity index (χ2v) is 4.73. The highest BCUT2D eigenvalue weighted by atomic mass is 16.4. The maximum Gasteiger partial charge on any atom is 0.325 e. The van der Waals surface area contributed by atoms with Crippen molar-refractivity contribution in [2.45, 2.75) is 44.8 Å². The fraction of sp³-hybridized carbons (Fsp3) is 0.818. The third-order valence-corrected chi connectivity index (χ3v) is 3.26. The smallest absolute Gasteiger partial charge is 0.325 e. The molecule has 0 spiro atoms. The first-order valence-electron chi connectivity index (χ1n) is 5.90. The Hall–Kier alpha value is -1.30. The molecule has 0 radical (unpaired) electrons. The second-order valence-electron chi connectivity index (χ2n) is 4.73. The van der Waals surface area contributed by atoms with Crippen LogP contribution in [0.1, 0.15) is 26.7 Å². The van der Waals surface area contributed by atoms with Crippen molar-refractivity contribution in [1.29, 1.82) is 0 Å².